The number of benzene rings is 1. The van der Waals surface area contributed by atoms with Gasteiger partial charge >= 0.3 is 0 Å². The molecular weight excluding hydrogens is 224 g/mol. The molecule has 1 heterocycles. The highest BCUT2D eigenvalue weighted by molar-refractivity contribution is 6.77. The van der Waals surface area contributed by atoms with E-state index in [9.17, 15) is 0 Å². The first kappa shape index (κ1) is 11.5. The molecule has 0 unspecified atom stereocenters. The summed E-state index contributed by atoms with van der Waals surface area (Å²) in [5.41, 5.74) is 2.36. The van der Waals surface area contributed by atoms with Crippen LogP contribution in [-0.2, 0) is 10.3 Å². The molecule has 3 atom stereocenters. The van der Waals surface area contributed by atoms with Crippen LogP contribution >= 0.6 is 0 Å². The maximum absolute atomic E-state index is 6.23. The Morgan fingerprint density at radius 2 is 1.88 bits per heavy atom. The summed E-state index contributed by atoms with van der Waals surface area (Å²) in [6.45, 7) is 7.46. The Kier molecular flexibility index (Phi) is 2.49. The number of hydrogen-bond donors (Lipinski definition) is 0. The summed E-state index contributed by atoms with van der Waals surface area (Å²) in [4.78, 5) is 0. The van der Waals surface area contributed by atoms with Crippen LogP contribution in [0.2, 0.25) is 25.2 Å². The minimum atomic E-state index is -1.08. The topological polar surface area (TPSA) is 12.5 Å². The van der Waals surface area contributed by atoms with Crippen LogP contribution in [0.15, 0.2) is 30.3 Å². The maximum Gasteiger partial charge on any atom is 0.120 e. The van der Waals surface area contributed by atoms with Crippen LogP contribution in [0.5, 0.6) is 0 Å². The fraction of sp³-hybridized carbons (Fsp3) is 0.600. The molecular formula is C15H22OSi. The standard InChI is InChI=1S/C15H22OSi/c1-17(2,3)13-10-7-11-15(14(13)16-15)12-8-5-4-6-9-12/h4-6,8-9,13-14H,7,10-11H2,1-3H3/t13-,14-,15-/m1/s1. The molecule has 0 aromatic heterocycles. The molecule has 92 valence electrons. The van der Waals surface area contributed by atoms with Gasteiger partial charge in [-0.15, -0.1) is 0 Å². The summed E-state index contributed by atoms with van der Waals surface area (Å²) in [6.07, 6.45) is 4.46. The second kappa shape index (κ2) is 3.69. The van der Waals surface area contributed by atoms with Crippen LogP contribution in [0.4, 0.5) is 0 Å². The lowest BCUT2D eigenvalue weighted by molar-refractivity contribution is 0.289. The molecule has 1 saturated carbocycles. The van der Waals surface area contributed by atoms with Crippen molar-refractivity contribution < 1.29 is 4.74 Å². The number of epoxide rings is 1. The van der Waals surface area contributed by atoms with E-state index in [0.29, 0.717) is 6.10 Å². The monoisotopic (exact) mass is 246 g/mol. The molecule has 2 fully saturated rings. The fourth-order valence-corrected chi connectivity index (χ4v) is 5.84. The summed E-state index contributed by atoms with van der Waals surface area (Å²) >= 11 is 0. The molecule has 0 amide bonds. The predicted molar refractivity (Wildman–Crippen MR) is 73.9 cm³/mol. The highest BCUT2D eigenvalue weighted by Crippen LogP contribution is 2.61. The van der Waals surface area contributed by atoms with Crippen molar-refractivity contribution in [2.75, 3.05) is 0 Å². The van der Waals surface area contributed by atoms with Gasteiger partial charge in [-0.25, -0.2) is 0 Å². The Morgan fingerprint density at radius 3 is 2.53 bits per heavy atom. The van der Waals surface area contributed by atoms with E-state index in [1.807, 2.05) is 0 Å². The summed E-state index contributed by atoms with van der Waals surface area (Å²) < 4.78 is 6.23. The second-order valence-corrected chi connectivity index (χ2v) is 12.1. The van der Waals surface area contributed by atoms with Gasteiger partial charge in [0.05, 0.1) is 14.2 Å². The van der Waals surface area contributed by atoms with Gasteiger partial charge in [0.15, 0.2) is 0 Å². The third kappa shape index (κ3) is 1.78. The van der Waals surface area contributed by atoms with Gasteiger partial charge in [0.25, 0.3) is 0 Å². The molecule has 0 N–H and O–H groups in total. The van der Waals surface area contributed by atoms with E-state index in [0.717, 1.165) is 5.54 Å². The van der Waals surface area contributed by atoms with Crippen molar-refractivity contribution in [3.63, 3.8) is 0 Å². The largest absolute Gasteiger partial charge is 0.361 e. The molecule has 17 heavy (non-hydrogen) atoms. The van der Waals surface area contributed by atoms with E-state index in [1.165, 1.54) is 24.8 Å². The molecule has 1 aromatic carbocycles. The summed E-state index contributed by atoms with van der Waals surface area (Å²) in [6, 6.07) is 10.9. The van der Waals surface area contributed by atoms with Gasteiger partial charge in [-0.3, -0.25) is 0 Å². The maximum atomic E-state index is 6.23. The fourth-order valence-electron chi connectivity index (χ4n) is 3.52. The van der Waals surface area contributed by atoms with Crippen LogP contribution in [-0.4, -0.2) is 14.2 Å². The van der Waals surface area contributed by atoms with E-state index >= 15 is 0 Å². The first-order chi connectivity index (χ1) is 8.04. The quantitative estimate of drug-likeness (QED) is 0.563. The molecule has 1 aliphatic carbocycles. The van der Waals surface area contributed by atoms with E-state index in [4.69, 9.17) is 4.74 Å². The van der Waals surface area contributed by atoms with Gasteiger partial charge in [-0.2, -0.15) is 0 Å². The minimum absolute atomic E-state index is 0.102. The van der Waals surface area contributed by atoms with Gasteiger partial charge in [-0.05, 0) is 17.5 Å². The van der Waals surface area contributed by atoms with Crippen LogP contribution < -0.4 is 0 Å². The molecule has 2 heteroatoms. The zero-order valence-electron chi connectivity index (χ0n) is 11.1. The molecule has 3 rings (SSSR count). The zero-order chi connectivity index (χ0) is 12.1. The van der Waals surface area contributed by atoms with Crippen molar-refractivity contribution in [2.45, 2.75) is 56.1 Å². The van der Waals surface area contributed by atoms with Crippen LogP contribution in [0.3, 0.4) is 0 Å². The summed E-state index contributed by atoms with van der Waals surface area (Å²) in [5.74, 6) is 0. The molecule has 1 aliphatic heterocycles. The number of rotatable bonds is 2. The lowest BCUT2D eigenvalue weighted by Crippen LogP contribution is -2.36. The van der Waals surface area contributed by atoms with Crippen molar-refractivity contribution in [1.82, 2.24) is 0 Å². The lowest BCUT2D eigenvalue weighted by Gasteiger charge is -2.32. The van der Waals surface area contributed by atoms with Crippen molar-refractivity contribution in [2.24, 2.45) is 0 Å². The molecule has 0 spiro atoms. The van der Waals surface area contributed by atoms with Crippen LogP contribution in [0, 0.1) is 0 Å². The van der Waals surface area contributed by atoms with Crippen molar-refractivity contribution in [1.29, 1.82) is 0 Å². The van der Waals surface area contributed by atoms with Crippen molar-refractivity contribution >= 4 is 8.07 Å². The van der Waals surface area contributed by atoms with E-state index < -0.39 is 8.07 Å². The van der Waals surface area contributed by atoms with Crippen molar-refractivity contribution in [3.8, 4) is 0 Å². The SMILES string of the molecule is C[Si](C)(C)[C@@H]1CCC[C@]2(c3ccccc3)O[C@H]12. The average Bonchev–Trinajstić information content (AvgIpc) is 3.04. The Bertz CT molecular complexity index is 409. The summed E-state index contributed by atoms with van der Waals surface area (Å²) in [7, 11) is -1.08. The molecule has 0 radical (unpaired) electrons. The number of ether oxygens (including phenoxy) is 1. The first-order valence-electron chi connectivity index (χ1n) is 6.77. The number of fused-ring (bicyclic) bond motifs is 1. The van der Waals surface area contributed by atoms with Crippen LogP contribution in [0.1, 0.15) is 24.8 Å². The Balaban J connectivity index is 1.89. The Hall–Kier alpha value is -0.603. The van der Waals surface area contributed by atoms with E-state index in [2.05, 4.69) is 50.0 Å². The first-order valence-corrected chi connectivity index (χ1v) is 10.4. The van der Waals surface area contributed by atoms with E-state index in [1.54, 1.807) is 0 Å². The second-order valence-electron chi connectivity index (χ2n) is 6.66. The molecule has 0 bridgehead atoms. The molecule has 1 saturated heterocycles. The van der Waals surface area contributed by atoms with Crippen molar-refractivity contribution in [3.05, 3.63) is 35.9 Å². The lowest BCUT2D eigenvalue weighted by atomic mass is 9.83. The van der Waals surface area contributed by atoms with E-state index in [-0.39, 0.29) is 5.60 Å². The smallest absolute Gasteiger partial charge is 0.120 e. The molecule has 2 aliphatic rings. The van der Waals surface area contributed by atoms with Gasteiger partial charge < -0.3 is 4.74 Å². The van der Waals surface area contributed by atoms with Gasteiger partial charge in [-0.1, -0.05) is 62.8 Å². The normalized spacial score (nSPS) is 36.4. The zero-order valence-corrected chi connectivity index (χ0v) is 12.1. The predicted octanol–water partition coefficient (Wildman–Crippen LogP) is 4.17. The molecule has 1 aromatic rings. The van der Waals surface area contributed by atoms with Gasteiger partial charge in [0, 0.05) is 0 Å². The van der Waals surface area contributed by atoms with Crippen LogP contribution in [0.25, 0.3) is 0 Å². The third-order valence-corrected chi connectivity index (χ3v) is 7.36. The highest BCUT2D eigenvalue weighted by Gasteiger charge is 2.64. The Morgan fingerprint density at radius 1 is 1.18 bits per heavy atom. The average molecular weight is 246 g/mol. The minimum Gasteiger partial charge on any atom is -0.361 e. The Labute approximate surface area is 105 Å². The van der Waals surface area contributed by atoms with Gasteiger partial charge in [0.2, 0.25) is 0 Å². The third-order valence-electron chi connectivity index (χ3n) is 4.54. The summed E-state index contributed by atoms with van der Waals surface area (Å²) in [5, 5.41) is 0. The number of hydrogen-bond acceptors (Lipinski definition) is 1. The highest BCUT2D eigenvalue weighted by atomic mass is 28.3. The van der Waals surface area contributed by atoms with Gasteiger partial charge in [0.1, 0.15) is 5.60 Å². The molecule has 1 nitrogen and oxygen atoms in total.